The fourth-order valence-corrected chi connectivity index (χ4v) is 3.84. The van der Waals surface area contributed by atoms with Crippen molar-refractivity contribution in [3.63, 3.8) is 0 Å². The number of nitrogens with one attached hydrogen (secondary N) is 1. The number of benzene rings is 2. The summed E-state index contributed by atoms with van der Waals surface area (Å²) >= 11 is 5.98. The summed E-state index contributed by atoms with van der Waals surface area (Å²) in [4.78, 5) is 17.7. The molecule has 25 heavy (non-hydrogen) atoms. The maximum Gasteiger partial charge on any atom is 0.253 e. The molecular weight excluding hydrogens is 339 g/mol. The second-order valence-corrected chi connectivity index (χ2v) is 6.95. The van der Waals surface area contributed by atoms with Gasteiger partial charge in [0.05, 0.1) is 0 Å². The van der Waals surface area contributed by atoms with E-state index in [1.165, 1.54) is 6.07 Å². The molecule has 128 valence electrons. The van der Waals surface area contributed by atoms with Crippen LogP contribution in [0.15, 0.2) is 48.7 Å². The molecule has 0 spiro atoms. The Morgan fingerprint density at radius 2 is 1.96 bits per heavy atom. The van der Waals surface area contributed by atoms with Crippen LogP contribution in [-0.4, -0.2) is 28.9 Å². The number of halogens is 2. The van der Waals surface area contributed by atoms with Crippen LogP contribution in [0.1, 0.15) is 34.7 Å². The molecule has 1 aliphatic rings. The molecule has 4 rings (SSSR count). The van der Waals surface area contributed by atoms with Gasteiger partial charge in [-0.15, -0.1) is 0 Å². The third kappa shape index (κ3) is 3.14. The average Bonchev–Trinajstić information content (AvgIpc) is 3.04. The number of likely N-dealkylation sites (tertiary alicyclic amines) is 1. The van der Waals surface area contributed by atoms with E-state index in [1.807, 2.05) is 11.1 Å². The fraction of sp³-hybridized carbons (Fsp3) is 0.250. The van der Waals surface area contributed by atoms with Gasteiger partial charge in [-0.25, -0.2) is 4.39 Å². The van der Waals surface area contributed by atoms with E-state index in [1.54, 1.807) is 36.4 Å². The largest absolute Gasteiger partial charge is 0.361 e. The second kappa shape index (κ2) is 6.52. The lowest BCUT2D eigenvalue weighted by Crippen LogP contribution is -2.37. The minimum Gasteiger partial charge on any atom is -0.361 e. The highest BCUT2D eigenvalue weighted by molar-refractivity contribution is 6.30. The molecule has 1 fully saturated rings. The molecule has 0 aliphatic carbocycles. The van der Waals surface area contributed by atoms with Crippen molar-refractivity contribution in [1.82, 2.24) is 9.88 Å². The molecule has 3 aromatic rings. The van der Waals surface area contributed by atoms with Crippen molar-refractivity contribution in [3.05, 3.63) is 70.6 Å². The Morgan fingerprint density at radius 1 is 1.16 bits per heavy atom. The number of rotatable bonds is 2. The summed E-state index contributed by atoms with van der Waals surface area (Å²) < 4.78 is 13.6. The molecule has 1 saturated heterocycles. The summed E-state index contributed by atoms with van der Waals surface area (Å²) in [6.45, 7) is 1.38. The maximum absolute atomic E-state index is 13.6. The van der Waals surface area contributed by atoms with Crippen LogP contribution in [-0.2, 0) is 0 Å². The number of carbonyl (C=O) groups is 1. The van der Waals surface area contributed by atoms with E-state index in [9.17, 15) is 9.18 Å². The van der Waals surface area contributed by atoms with Crippen LogP contribution in [0.4, 0.5) is 4.39 Å². The number of hydrogen-bond acceptors (Lipinski definition) is 1. The van der Waals surface area contributed by atoms with Crippen molar-refractivity contribution in [1.29, 1.82) is 0 Å². The normalized spacial score (nSPS) is 15.7. The van der Waals surface area contributed by atoms with Crippen molar-refractivity contribution < 1.29 is 9.18 Å². The van der Waals surface area contributed by atoms with Crippen molar-refractivity contribution >= 4 is 28.4 Å². The first kappa shape index (κ1) is 16.2. The zero-order valence-corrected chi connectivity index (χ0v) is 14.4. The third-order valence-corrected chi connectivity index (χ3v) is 5.20. The van der Waals surface area contributed by atoms with E-state index in [0.29, 0.717) is 29.6 Å². The number of amides is 1. The van der Waals surface area contributed by atoms with Crippen LogP contribution in [0.5, 0.6) is 0 Å². The number of fused-ring (bicyclic) bond motifs is 1. The van der Waals surface area contributed by atoms with Gasteiger partial charge in [0.25, 0.3) is 5.91 Å². The molecule has 3 nitrogen and oxygen atoms in total. The van der Waals surface area contributed by atoms with Gasteiger partial charge in [-0.2, -0.15) is 0 Å². The monoisotopic (exact) mass is 356 g/mol. The lowest BCUT2D eigenvalue weighted by molar-refractivity contribution is 0.0713. The topological polar surface area (TPSA) is 36.1 Å². The van der Waals surface area contributed by atoms with Crippen molar-refractivity contribution in [2.24, 2.45) is 0 Å². The lowest BCUT2D eigenvalue weighted by Gasteiger charge is -2.32. The molecule has 0 atom stereocenters. The molecule has 1 aliphatic heterocycles. The predicted octanol–water partition coefficient (Wildman–Crippen LogP) is 4.98. The first-order chi connectivity index (χ1) is 12.1. The molecular formula is C20H18ClFN2O. The average molecular weight is 357 g/mol. The SMILES string of the molecule is O=C(c1cccc(Cl)c1)N1CCC(c2c[nH]c3ccc(F)cc23)CC1. The van der Waals surface area contributed by atoms with E-state index in [-0.39, 0.29) is 11.7 Å². The Bertz CT molecular complexity index is 928. The standard InChI is InChI=1S/C20H18ClFN2O/c21-15-3-1-2-14(10-15)20(25)24-8-6-13(7-9-24)18-12-23-19-5-4-16(22)11-17(18)19/h1-5,10-13,23H,6-9H2. The Labute approximate surface area is 150 Å². The van der Waals surface area contributed by atoms with Gasteiger partial charge in [0.1, 0.15) is 5.82 Å². The summed E-state index contributed by atoms with van der Waals surface area (Å²) in [5, 5.41) is 1.51. The van der Waals surface area contributed by atoms with E-state index >= 15 is 0 Å². The zero-order chi connectivity index (χ0) is 17.4. The number of H-pyrrole nitrogens is 1. The van der Waals surface area contributed by atoms with Gasteiger partial charge in [-0.05, 0) is 60.7 Å². The Hall–Kier alpha value is -2.33. The van der Waals surface area contributed by atoms with Crippen molar-refractivity contribution in [2.75, 3.05) is 13.1 Å². The molecule has 1 aromatic heterocycles. The smallest absolute Gasteiger partial charge is 0.253 e. The first-order valence-corrected chi connectivity index (χ1v) is 8.81. The molecule has 0 saturated carbocycles. The quantitative estimate of drug-likeness (QED) is 0.690. The highest BCUT2D eigenvalue weighted by Gasteiger charge is 2.26. The summed E-state index contributed by atoms with van der Waals surface area (Å²) in [7, 11) is 0. The van der Waals surface area contributed by atoms with E-state index in [2.05, 4.69) is 4.98 Å². The third-order valence-electron chi connectivity index (χ3n) is 4.97. The highest BCUT2D eigenvalue weighted by Crippen LogP contribution is 2.33. The Kier molecular flexibility index (Phi) is 4.22. The molecule has 2 heterocycles. The number of piperidine rings is 1. The van der Waals surface area contributed by atoms with E-state index in [0.717, 1.165) is 29.3 Å². The number of nitrogens with zero attached hydrogens (tertiary/aromatic N) is 1. The van der Waals surface area contributed by atoms with Crippen molar-refractivity contribution in [2.45, 2.75) is 18.8 Å². The lowest BCUT2D eigenvalue weighted by atomic mass is 9.89. The number of carbonyl (C=O) groups excluding carboxylic acids is 1. The second-order valence-electron chi connectivity index (χ2n) is 6.51. The molecule has 1 N–H and O–H groups in total. The molecule has 0 radical (unpaired) electrons. The van der Waals surface area contributed by atoms with Crippen LogP contribution in [0.3, 0.4) is 0 Å². The van der Waals surface area contributed by atoms with Crippen LogP contribution in [0.2, 0.25) is 5.02 Å². The minimum atomic E-state index is -0.220. The molecule has 5 heteroatoms. The Balaban J connectivity index is 1.49. The highest BCUT2D eigenvalue weighted by atomic mass is 35.5. The van der Waals surface area contributed by atoms with E-state index in [4.69, 9.17) is 11.6 Å². The molecule has 1 amide bonds. The van der Waals surface area contributed by atoms with E-state index < -0.39 is 0 Å². The van der Waals surface area contributed by atoms with Gasteiger partial charge in [-0.3, -0.25) is 4.79 Å². The Morgan fingerprint density at radius 3 is 2.72 bits per heavy atom. The first-order valence-electron chi connectivity index (χ1n) is 8.43. The maximum atomic E-state index is 13.6. The molecule has 0 unspecified atom stereocenters. The van der Waals surface area contributed by atoms with Gasteiger partial charge in [0.15, 0.2) is 0 Å². The predicted molar refractivity (Wildman–Crippen MR) is 97.6 cm³/mol. The minimum absolute atomic E-state index is 0.0194. The number of hydrogen-bond donors (Lipinski definition) is 1. The van der Waals surface area contributed by atoms with Crippen LogP contribution in [0.25, 0.3) is 10.9 Å². The number of aromatic nitrogens is 1. The van der Waals surface area contributed by atoms with Gasteiger partial charge in [-0.1, -0.05) is 17.7 Å². The summed E-state index contributed by atoms with van der Waals surface area (Å²) in [5.74, 6) is 0.131. The van der Waals surface area contributed by atoms with Gasteiger partial charge >= 0.3 is 0 Å². The summed E-state index contributed by atoms with van der Waals surface area (Å²) in [6.07, 6.45) is 3.72. The van der Waals surface area contributed by atoms with Gasteiger partial charge in [0.2, 0.25) is 0 Å². The van der Waals surface area contributed by atoms with Gasteiger partial charge in [0, 0.05) is 40.8 Å². The van der Waals surface area contributed by atoms with Crippen LogP contribution in [0, 0.1) is 5.82 Å². The fourth-order valence-electron chi connectivity index (χ4n) is 3.65. The zero-order valence-electron chi connectivity index (χ0n) is 13.6. The molecule has 2 aromatic carbocycles. The summed E-state index contributed by atoms with van der Waals surface area (Å²) in [5.41, 5.74) is 2.72. The van der Waals surface area contributed by atoms with Crippen LogP contribution < -0.4 is 0 Å². The van der Waals surface area contributed by atoms with Crippen molar-refractivity contribution in [3.8, 4) is 0 Å². The molecule has 0 bridgehead atoms. The van der Waals surface area contributed by atoms with Crippen LogP contribution >= 0.6 is 11.6 Å². The number of aromatic amines is 1. The summed E-state index contributed by atoms with van der Waals surface area (Å²) in [6, 6.07) is 11.9. The van der Waals surface area contributed by atoms with Gasteiger partial charge < -0.3 is 9.88 Å².